The predicted molar refractivity (Wildman–Crippen MR) is 122 cm³/mol. The highest BCUT2D eigenvalue weighted by molar-refractivity contribution is 5.86. The van der Waals surface area contributed by atoms with Crippen molar-refractivity contribution in [3.05, 3.63) is 72.0 Å². The molecule has 1 aliphatic heterocycles. The Hall–Kier alpha value is -3.16. The summed E-state index contributed by atoms with van der Waals surface area (Å²) in [6.07, 6.45) is -0.107. The van der Waals surface area contributed by atoms with Gasteiger partial charge in [0.25, 0.3) is 0 Å². The van der Waals surface area contributed by atoms with Crippen LogP contribution in [0.5, 0.6) is 5.75 Å². The zero-order valence-corrected chi connectivity index (χ0v) is 18.0. The lowest BCUT2D eigenvalue weighted by atomic mass is 9.99. The van der Waals surface area contributed by atoms with Crippen LogP contribution >= 0.6 is 0 Å². The van der Waals surface area contributed by atoms with Gasteiger partial charge >= 0.3 is 5.97 Å². The minimum Gasteiger partial charge on any atom is -0.482 e. The summed E-state index contributed by atoms with van der Waals surface area (Å²) in [4.78, 5) is 12.7. The molecule has 4 rings (SSSR count). The van der Waals surface area contributed by atoms with Crippen molar-refractivity contribution in [1.82, 2.24) is 5.32 Å². The molecule has 1 unspecified atom stereocenters. The number of aliphatic carboxylic acids is 1. The number of nitrogens with zero attached hydrogens (tertiary/aromatic N) is 1. The van der Waals surface area contributed by atoms with Gasteiger partial charge in [-0.3, -0.25) is 0 Å². The molecule has 0 saturated carbocycles. The molecule has 0 spiro atoms. The van der Waals surface area contributed by atoms with E-state index in [-0.39, 0.29) is 18.0 Å². The van der Waals surface area contributed by atoms with Crippen LogP contribution in [-0.4, -0.2) is 50.0 Å². The summed E-state index contributed by atoms with van der Waals surface area (Å²) in [6.45, 7) is 3.84. The van der Waals surface area contributed by atoms with Crippen molar-refractivity contribution >= 4 is 22.4 Å². The summed E-state index contributed by atoms with van der Waals surface area (Å²) in [6, 6.07) is 19.0. The first-order valence-corrected chi connectivity index (χ1v) is 10.7. The SMILES string of the molecule is C[C@@H](NCC1CN(c2cc(OCC(=O)O)ccc2F)CCO1)c1cccc2ccccc12. The van der Waals surface area contributed by atoms with Crippen LogP contribution in [0.4, 0.5) is 10.1 Å². The molecule has 6 nitrogen and oxygen atoms in total. The quantitative estimate of drug-likeness (QED) is 0.554. The highest BCUT2D eigenvalue weighted by atomic mass is 19.1. The lowest BCUT2D eigenvalue weighted by Gasteiger charge is -2.35. The number of rotatable bonds is 8. The molecule has 1 heterocycles. The summed E-state index contributed by atoms with van der Waals surface area (Å²) >= 11 is 0. The molecule has 3 aromatic rings. The van der Waals surface area contributed by atoms with E-state index in [2.05, 4.69) is 42.6 Å². The molecule has 3 aromatic carbocycles. The number of hydrogen-bond acceptors (Lipinski definition) is 5. The van der Waals surface area contributed by atoms with Crippen molar-refractivity contribution in [2.75, 3.05) is 37.7 Å². The molecule has 0 radical (unpaired) electrons. The highest BCUT2D eigenvalue weighted by Crippen LogP contribution is 2.27. The second-order valence-corrected chi connectivity index (χ2v) is 7.93. The topological polar surface area (TPSA) is 71.0 Å². The number of halogens is 1. The molecule has 1 saturated heterocycles. The molecule has 7 heteroatoms. The largest absolute Gasteiger partial charge is 0.482 e. The van der Waals surface area contributed by atoms with Crippen LogP contribution in [-0.2, 0) is 9.53 Å². The lowest BCUT2D eigenvalue weighted by molar-refractivity contribution is -0.139. The summed E-state index contributed by atoms with van der Waals surface area (Å²) in [7, 11) is 0. The van der Waals surface area contributed by atoms with Crippen molar-refractivity contribution in [3.8, 4) is 5.75 Å². The molecular formula is C25H27FN2O4. The Labute approximate surface area is 186 Å². The number of fused-ring (bicyclic) bond motifs is 1. The molecule has 1 aliphatic rings. The van der Waals surface area contributed by atoms with E-state index < -0.39 is 12.6 Å². The fourth-order valence-electron chi connectivity index (χ4n) is 4.08. The number of benzene rings is 3. The Morgan fingerprint density at radius 1 is 1.25 bits per heavy atom. The van der Waals surface area contributed by atoms with Gasteiger partial charge in [0, 0.05) is 31.7 Å². The first-order chi connectivity index (χ1) is 15.5. The predicted octanol–water partition coefficient (Wildman–Crippen LogP) is 4.00. The fourth-order valence-corrected chi connectivity index (χ4v) is 4.08. The average molecular weight is 438 g/mol. The average Bonchev–Trinajstić information content (AvgIpc) is 2.81. The third kappa shape index (κ3) is 5.18. The Morgan fingerprint density at radius 2 is 2.06 bits per heavy atom. The molecular weight excluding hydrogens is 411 g/mol. The number of nitrogens with one attached hydrogen (secondary N) is 1. The molecule has 32 heavy (non-hydrogen) atoms. The van der Waals surface area contributed by atoms with Crippen molar-refractivity contribution in [3.63, 3.8) is 0 Å². The lowest BCUT2D eigenvalue weighted by Crippen LogP contribution is -2.47. The van der Waals surface area contributed by atoms with E-state index in [9.17, 15) is 9.18 Å². The normalized spacial score (nSPS) is 17.3. The van der Waals surface area contributed by atoms with Gasteiger partial charge in [0.1, 0.15) is 11.6 Å². The van der Waals surface area contributed by atoms with Gasteiger partial charge < -0.3 is 24.8 Å². The first-order valence-electron chi connectivity index (χ1n) is 10.7. The van der Waals surface area contributed by atoms with Crippen LogP contribution in [0.3, 0.4) is 0 Å². The van der Waals surface area contributed by atoms with Crippen LogP contribution in [0.15, 0.2) is 60.7 Å². The monoisotopic (exact) mass is 438 g/mol. The van der Waals surface area contributed by atoms with Crippen molar-refractivity contribution in [2.45, 2.75) is 19.1 Å². The molecule has 0 aromatic heterocycles. The maximum Gasteiger partial charge on any atom is 0.341 e. The van der Waals surface area contributed by atoms with E-state index >= 15 is 0 Å². The zero-order valence-electron chi connectivity index (χ0n) is 18.0. The first kappa shape index (κ1) is 22.0. The van der Waals surface area contributed by atoms with Crippen molar-refractivity contribution < 1.29 is 23.8 Å². The Morgan fingerprint density at radius 3 is 2.91 bits per heavy atom. The van der Waals surface area contributed by atoms with Crippen molar-refractivity contribution in [2.24, 2.45) is 0 Å². The Kier molecular flexibility index (Phi) is 6.87. The van der Waals surface area contributed by atoms with Crippen molar-refractivity contribution in [1.29, 1.82) is 0 Å². The number of morpholine rings is 1. The van der Waals surface area contributed by atoms with Gasteiger partial charge in [-0.2, -0.15) is 0 Å². The standard InChI is InChI=1S/C25H27FN2O4/c1-17(21-8-4-6-18-5-2-3-7-22(18)21)27-14-20-15-28(11-12-31-20)24-13-19(9-10-23(24)26)32-16-25(29)30/h2-10,13,17,20,27H,11-12,14-16H2,1H3,(H,29,30)/t17-,20?/m1/s1. The Balaban J connectivity index is 1.40. The zero-order chi connectivity index (χ0) is 22.5. The second kappa shape index (κ2) is 9.97. The number of carboxylic acids is 1. The number of ether oxygens (including phenoxy) is 2. The fraction of sp³-hybridized carbons (Fsp3) is 0.320. The molecule has 0 amide bonds. The third-order valence-corrected chi connectivity index (χ3v) is 5.70. The van der Waals surface area contributed by atoms with Crippen LogP contribution in [0.2, 0.25) is 0 Å². The molecule has 1 fully saturated rings. The molecule has 0 aliphatic carbocycles. The van der Waals surface area contributed by atoms with E-state index in [4.69, 9.17) is 14.6 Å². The minimum atomic E-state index is -1.08. The van der Waals surface area contributed by atoms with E-state index in [0.29, 0.717) is 37.7 Å². The van der Waals surface area contributed by atoms with Gasteiger partial charge in [0.05, 0.1) is 18.4 Å². The van der Waals surface area contributed by atoms with E-state index in [1.165, 1.54) is 28.5 Å². The third-order valence-electron chi connectivity index (χ3n) is 5.70. The summed E-state index contributed by atoms with van der Waals surface area (Å²) in [5, 5.41) is 14.8. The number of carboxylic acid groups (broad SMARTS) is 1. The van der Waals surface area contributed by atoms with Crippen LogP contribution < -0.4 is 15.0 Å². The maximum atomic E-state index is 14.5. The minimum absolute atomic E-state index is 0.107. The van der Waals surface area contributed by atoms with Gasteiger partial charge in [-0.05, 0) is 35.4 Å². The van der Waals surface area contributed by atoms with Crippen LogP contribution in [0.25, 0.3) is 10.8 Å². The summed E-state index contributed by atoms with van der Waals surface area (Å²) in [5.74, 6) is -1.12. The molecule has 0 bridgehead atoms. The van der Waals surface area contributed by atoms with Crippen LogP contribution in [0.1, 0.15) is 18.5 Å². The van der Waals surface area contributed by atoms with E-state index in [0.717, 1.165) is 0 Å². The molecule has 2 atom stereocenters. The summed E-state index contributed by atoms with van der Waals surface area (Å²) in [5.41, 5.74) is 1.62. The number of hydrogen-bond donors (Lipinski definition) is 2. The second-order valence-electron chi connectivity index (χ2n) is 7.93. The van der Waals surface area contributed by atoms with Gasteiger partial charge in [-0.1, -0.05) is 42.5 Å². The number of anilines is 1. The highest BCUT2D eigenvalue weighted by Gasteiger charge is 2.24. The molecule has 2 N–H and O–H groups in total. The summed E-state index contributed by atoms with van der Waals surface area (Å²) < 4.78 is 25.6. The van der Waals surface area contributed by atoms with Gasteiger partial charge in [0.2, 0.25) is 0 Å². The smallest absolute Gasteiger partial charge is 0.341 e. The van der Waals surface area contributed by atoms with E-state index in [1.807, 2.05) is 17.0 Å². The molecule has 168 valence electrons. The van der Waals surface area contributed by atoms with Crippen LogP contribution in [0, 0.1) is 5.82 Å². The maximum absolute atomic E-state index is 14.5. The van der Waals surface area contributed by atoms with Gasteiger partial charge in [0.15, 0.2) is 6.61 Å². The number of carbonyl (C=O) groups is 1. The van der Waals surface area contributed by atoms with E-state index in [1.54, 1.807) is 6.07 Å². The van der Waals surface area contributed by atoms with Gasteiger partial charge in [-0.25, -0.2) is 9.18 Å². The Bertz CT molecular complexity index is 1090. The van der Waals surface area contributed by atoms with Gasteiger partial charge in [-0.15, -0.1) is 0 Å².